The van der Waals surface area contributed by atoms with Gasteiger partial charge >= 0.3 is 6.03 Å². The van der Waals surface area contributed by atoms with E-state index in [0.29, 0.717) is 11.0 Å². The van der Waals surface area contributed by atoms with Crippen LogP contribution >= 0.6 is 11.8 Å². The van der Waals surface area contributed by atoms with E-state index in [0.717, 1.165) is 25.0 Å². The molecule has 21 heavy (non-hydrogen) atoms. The summed E-state index contributed by atoms with van der Waals surface area (Å²) in [6.45, 7) is 3.90. The van der Waals surface area contributed by atoms with Crippen molar-refractivity contribution >= 4 is 17.8 Å². The van der Waals surface area contributed by atoms with Gasteiger partial charge in [0.05, 0.1) is 12.8 Å². The lowest BCUT2D eigenvalue weighted by atomic mass is 10.0. The van der Waals surface area contributed by atoms with E-state index in [1.54, 1.807) is 19.1 Å². The number of hydrogen-bond acceptors (Lipinski definition) is 4. The van der Waals surface area contributed by atoms with Crippen molar-refractivity contribution in [3.63, 3.8) is 0 Å². The zero-order valence-corrected chi connectivity index (χ0v) is 13.4. The molecule has 0 unspecified atom stereocenters. The maximum atomic E-state index is 11.9. The second-order valence-electron chi connectivity index (χ2n) is 5.67. The van der Waals surface area contributed by atoms with Crippen LogP contribution in [0.1, 0.15) is 38.9 Å². The van der Waals surface area contributed by atoms with Crippen LogP contribution in [0.4, 0.5) is 4.79 Å². The van der Waals surface area contributed by atoms with E-state index in [-0.39, 0.29) is 18.6 Å². The van der Waals surface area contributed by atoms with Crippen LogP contribution in [-0.2, 0) is 5.60 Å². The molecule has 1 fully saturated rings. The van der Waals surface area contributed by atoms with Crippen LogP contribution in [-0.4, -0.2) is 34.7 Å². The molecule has 0 aliphatic heterocycles. The number of hydrogen-bond donors (Lipinski definition) is 3. The fourth-order valence-corrected chi connectivity index (χ4v) is 3.76. The van der Waals surface area contributed by atoms with E-state index >= 15 is 0 Å². The SMILES string of the molecule is CCS[C@@H]1CC[C@@H](NC(=O)NC[C@@](C)(O)c2ccco2)C1. The van der Waals surface area contributed by atoms with Gasteiger partial charge in [-0.25, -0.2) is 4.79 Å². The summed E-state index contributed by atoms with van der Waals surface area (Å²) in [6, 6.07) is 3.42. The van der Waals surface area contributed by atoms with Gasteiger partial charge in [-0.15, -0.1) is 0 Å². The Bertz CT molecular complexity index is 448. The van der Waals surface area contributed by atoms with Crippen molar-refractivity contribution in [1.29, 1.82) is 0 Å². The van der Waals surface area contributed by atoms with Crippen molar-refractivity contribution in [2.75, 3.05) is 12.3 Å². The monoisotopic (exact) mass is 312 g/mol. The zero-order valence-electron chi connectivity index (χ0n) is 12.6. The predicted octanol–water partition coefficient (Wildman–Crippen LogP) is 2.46. The number of amides is 2. The molecule has 6 heteroatoms. The normalized spacial score (nSPS) is 24.5. The number of thioether (sulfide) groups is 1. The Hall–Kier alpha value is -1.14. The average Bonchev–Trinajstić information content (AvgIpc) is 3.09. The smallest absolute Gasteiger partial charge is 0.315 e. The molecule has 1 saturated carbocycles. The van der Waals surface area contributed by atoms with Crippen molar-refractivity contribution in [1.82, 2.24) is 10.6 Å². The molecule has 1 aromatic rings. The molecule has 1 heterocycles. The largest absolute Gasteiger partial charge is 0.466 e. The molecule has 5 nitrogen and oxygen atoms in total. The molecule has 0 bridgehead atoms. The summed E-state index contributed by atoms with van der Waals surface area (Å²) >= 11 is 1.96. The summed E-state index contributed by atoms with van der Waals surface area (Å²) in [7, 11) is 0. The Morgan fingerprint density at radius 1 is 1.57 bits per heavy atom. The first-order chi connectivity index (χ1) is 10.0. The minimum atomic E-state index is -1.20. The van der Waals surface area contributed by atoms with Gasteiger partial charge in [-0.1, -0.05) is 6.92 Å². The maximum absolute atomic E-state index is 11.9. The Kier molecular flexibility index (Phi) is 5.58. The predicted molar refractivity (Wildman–Crippen MR) is 84.4 cm³/mol. The van der Waals surface area contributed by atoms with Crippen molar-refractivity contribution < 1.29 is 14.3 Å². The van der Waals surface area contributed by atoms with E-state index < -0.39 is 5.60 Å². The molecule has 3 atom stereocenters. The summed E-state index contributed by atoms with van der Waals surface area (Å²) < 4.78 is 5.18. The summed E-state index contributed by atoms with van der Waals surface area (Å²) in [6.07, 6.45) is 4.72. The first-order valence-corrected chi connectivity index (χ1v) is 8.48. The molecule has 0 spiro atoms. The van der Waals surface area contributed by atoms with Gasteiger partial charge in [-0.2, -0.15) is 11.8 Å². The minimum absolute atomic E-state index is 0.117. The molecular formula is C15H24N2O3S. The van der Waals surface area contributed by atoms with E-state index in [2.05, 4.69) is 17.6 Å². The van der Waals surface area contributed by atoms with Gasteiger partial charge in [0.2, 0.25) is 0 Å². The quantitative estimate of drug-likeness (QED) is 0.754. The van der Waals surface area contributed by atoms with E-state index in [4.69, 9.17) is 4.42 Å². The highest BCUT2D eigenvalue weighted by Crippen LogP contribution is 2.29. The third kappa shape index (κ3) is 4.68. The molecule has 2 amide bonds. The van der Waals surface area contributed by atoms with Gasteiger partial charge in [-0.3, -0.25) is 0 Å². The Morgan fingerprint density at radius 2 is 2.38 bits per heavy atom. The van der Waals surface area contributed by atoms with Gasteiger partial charge in [-0.05, 0) is 44.1 Å². The fraction of sp³-hybridized carbons (Fsp3) is 0.667. The first kappa shape index (κ1) is 16.2. The minimum Gasteiger partial charge on any atom is -0.466 e. The number of carbonyl (C=O) groups excluding carboxylic acids is 1. The first-order valence-electron chi connectivity index (χ1n) is 7.43. The molecule has 1 aromatic heterocycles. The zero-order chi connectivity index (χ0) is 15.3. The lowest BCUT2D eigenvalue weighted by Crippen LogP contribution is -2.46. The third-order valence-corrected chi connectivity index (χ3v) is 5.00. The number of furan rings is 1. The molecule has 118 valence electrons. The highest BCUT2D eigenvalue weighted by Gasteiger charge is 2.29. The van der Waals surface area contributed by atoms with E-state index in [1.807, 2.05) is 11.8 Å². The fourth-order valence-electron chi connectivity index (χ4n) is 2.62. The van der Waals surface area contributed by atoms with Crippen LogP contribution in [0.2, 0.25) is 0 Å². The number of urea groups is 1. The molecule has 1 aliphatic rings. The van der Waals surface area contributed by atoms with E-state index in [1.165, 1.54) is 6.26 Å². The number of nitrogens with one attached hydrogen (secondary N) is 2. The molecule has 3 N–H and O–H groups in total. The van der Waals surface area contributed by atoms with Gasteiger partial charge in [0, 0.05) is 11.3 Å². The molecular weight excluding hydrogens is 288 g/mol. The second kappa shape index (κ2) is 7.22. The van der Waals surface area contributed by atoms with E-state index in [9.17, 15) is 9.90 Å². The highest BCUT2D eigenvalue weighted by atomic mass is 32.2. The van der Waals surface area contributed by atoms with Gasteiger partial charge in [0.25, 0.3) is 0 Å². The van der Waals surface area contributed by atoms with Crippen LogP contribution in [0.15, 0.2) is 22.8 Å². The van der Waals surface area contributed by atoms with Crippen molar-refractivity contribution in [3.8, 4) is 0 Å². The topological polar surface area (TPSA) is 74.5 Å². The summed E-state index contributed by atoms with van der Waals surface area (Å²) in [5, 5.41) is 16.6. The number of carbonyl (C=O) groups is 1. The van der Waals surface area contributed by atoms with Crippen LogP contribution < -0.4 is 10.6 Å². The lowest BCUT2D eigenvalue weighted by molar-refractivity contribution is 0.0366. The van der Waals surface area contributed by atoms with Crippen LogP contribution in [0.25, 0.3) is 0 Å². The summed E-state index contributed by atoms with van der Waals surface area (Å²) in [5.41, 5.74) is -1.20. The Morgan fingerprint density at radius 3 is 3.05 bits per heavy atom. The molecule has 0 aromatic carbocycles. The Labute approximate surface area is 129 Å². The number of aliphatic hydroxyl groups is 1. The van der Waals surface area contributed by atoms with Gasteiger partial charge in [0.1, 0.15) is 11.4 Å². The molecule has 2 rings (SSSR count). The molecule has 0 radical (unpaired) electrons. The number of rotatable bonds is 6. The summed E-state index contributed by atoms with van der Waals surface area (Å²) in [4.78, 5) is 11.9. The second-order valence-corrected chi connectivity index (χ2v) is 7.24. The standard InChI is InChI=1S/C15H24N2O3S/c1-3-21-12-7-6-11(9-12)17-14(18)16-10-15(2,19)13-5-4-8-20-13/h4-5,8,11-12,19H,3,6-7,9-10H2,1-2H3,(H2,16,17,18)/t11-,12-,15-/m1/s1. The highest BCUT2D eigenvalue weighted by molar-refractivity contribution is 7.99. The van der Waals surface area contributed by atoms with Crippen LogP contribution in [0, 0.1) is 0 Å². The van der Waals surface area contributed by atoms with Crippen molar-refractivity contribution in [2.24, 2.45) is 0 Å². The van der Waals surface area contributed by atoms with Crippen LogP contribution in [0.5, 0.6) is 0 Å². The van der Waals surface area contributed by atoms with Gasteiger partial charge < -0.3 is 20.2 Å². The van der Waals surface area contributed by atoms with Crippen LogP contribution in [0.3, 0.4) is 0 Å². The average molecular weight is 312 g/mol. The Balaban J connectivity index is 1.73. The molecule has 0 saturated heterocycles. The third-order valence-electron chi connectivity index (χ3n) is 3.77. The van der Waals surface area contributed by atoms with Gasteiger partial charge in [0.15, 0.2) is 0 Å². The maximum Gasteiger partial charge on any atom is 0.315 e. The molecule has 1 aliphatic carbocycles. The summed E-state index contributed by atoms with van der Waals surface area (Å²) in [5.74, 6) is 1.57. The van der Waals surface area contributed by atoms with Crippen molar-refractivity contribution in [2.45, 2.75) is 50.0 Å². The lowest BCUT2D eigenvalue weighted by Gasteiger charge is -2.22. The van der Waals surface area contributed by atoms with Crippen molar-refractivity contribution in [3.05, 3.63) is 24.2 Å².